The van der Waals surface area contributed by atoms with Gasteiger partial charge in [0.2, 0.25) is 5.91 Å². The number of aromatic nitrogens is 2. The lowest BCUT2D eigenvalue weighted by Crippen LogP contribution is -2.27. The number of aryl methyl sites for hydroxylation is 1. The molecule has 6 heteroatoms. The molecule has 0 spiro atoms. The first kappa shape index (κ1) is 14.4. The van der Waals surface area contributed by atoms with Gasteiger partial charge in [0.05, 0.1) is 6.04 Å². The summed E-state index contributed by atoms with van der Waals surface area (Å²) in [5, 5.41) is 7.07. The Bertz CT molecular complexity index is 640. The Labute approximate surface area is 129 Å². The van der Waals surface area contributed by atoms with Crippen LogP contribution in [0.5, 0.6) is 11.5 Å². The quantitative estimate of drug-likeness (QED) is 0.916. The van der Waals surface area contributed by atoms with Crippen molar-refractivity contribution in [1.82, 2.24) is 15.1 Å². The number of nitrogens with one attached hydrogen (secondary N) is 1. The first-order chi connectivity index (χ1) is 10.7. The minimum absolute atomic E-state index is 0.00195. The lowest BCUT2D eigenvalue weighted by Gasteiger charge is -2.21. The summed E-state index contributed by atoms with van der Waals surface area (Å²) >= 11 is 0. The fourth-order valence-corrected chi connectivity index (χ4v) is 2.38. The number of hydrogen-bond donors (Lipinski definition) is 1. The molecule has 0 saturated heterocycles. The Hall–Kier alpha value is -2.50. The molecule has 0 saturated carbocycles. The van der Waals surface area contributed by atoms with Gasteiger partial charge in [-0.2, -0.15) is 5.10 Å². The van der Waals surface area contributed by atoms with Gasteiger partial charge in [-0.05, 0) is 30.7 Å². The molecule has 1 aliphatic heterocycles. The third kappa shape index (κ3) is 3.39. The third-order valence-corrected chi connectivity index (χ3v) is 3.57. The van der Waals surface area contributed by atoms with Gasteiger partial charge in [-0.15, -0.1) is 0 Å². The average molecular weight is 301 g/mol. The lowest BCUT2D eigenvalue weighted by molar-refractivity contribution is -0.122. The largest absolute Gasteiger partial charge is 0.486 e. The summed E-state index contributed by atoms with van der Waals surface area (Å²) in [6, 6.07) is 7.52. The maximum atomic E-state index is 12.0. The zero-order chi connectivity index (χ0) is 15.4. The van der Waals surface area contributed by atoms with Crippen LogP contribution < -0.4 is 14.8 Å². The number of fused-ring (bicyclic) bond motifs is 1. The monoisotopic (exact) mass is 301 g/mol. The molecule has 1 N–H and O–H groups in total. The molecule has 6 nitrogen and oxygen atoms in total. The second-order valence-corrected chi connectivity index (χ2v) is 5.21. The first-order valence-corrected chi connectivity index (χ1v) is 7.39. The van der Waals surface area contributed by atoms with Gasteiger partial charge in [-0.3, -0.25) is 9.48 Å². The topological polar surface area (TPSA) is 65.4 Å². The van der Waals surface area contributed by atoms with Crippen LogP contribution in [0.3, 0.4) is 0 Å². The molecule has 0 unspecified atom stereocenters. The maximum Gasteiger partial charge on any atom is 0.222 e. The molecule has 0 radical (unpaired) electrons. The predicted molar refractivity (Wildman–Crippen MR) is 80.8 cm³/mol. The van der Waals surface area contributed by atoms with Crippen molar-refractivity contribution in [3.8, 4) is 11.5 Å². The summed E-state index contributed by atoms with van der Waals surface area (Å²) in [7, 11) is 0. The van der Waals surface area contributed by atoms with Gasteiger partial charge in [0.25, 0.3) is 0 Å². The van der Waals surface area contributed by atoms with Crippen LogP contribution in [0.25, 0.3) is 0 Å². The summed E-state index contributed by atoms with van der Waals surface area (Å²) in [6.45, 7) is 3.66. The molecule has 1 aromatic carbocycles. The molecule has 1 aliphatic rings. The Morgan fingerprint density at radius 2 is 2.18 bits per heavy atom. The number of nitrogens with zero attached hydrogens (tertiary/aromatic N) is 2. The number of ether oxygens (including phenoxy) is 2. The van der Waals surface area contributed by atoms with Crippen LogP contribution in [0.2, 0.25) is 0 Å². The van der Waals surface area contributed by atoms with E-state index in [9.17, 15) is 4.79 Å². The van der Waals surface area contributed by atoms with E-state index < -0.39 is 0 Å². The summed E-state index contributed by atoms with van der Waals surface area (Å²) in [4.78, 5) is 12.0. The van der Waals surface area contributed by atoms with Crippen LogP contribution in [-0.2, 0) is 11.3 Å². The van der Waals surface area contributed by atoms with E-state index in [1.165, 1.54) is 0 Å². The van der Waals surface area contributed by atoms with Gasteiger partial charge >= 0.3 is 0 Å². The van der Waals surface area contributed by atoms with Crippen LogP contribution in [-0.4, -0.2) is 28.9 Å². The molecular formula is C16H19N3O3. The van der Waals surface area contributed by atoms with Crippen LogP contribution in [0.1, 0.15) is 24.9 Å². The second kappa shape index (κ2) is 6.51. The van der Waals surface area contributed by atoms with Crippen molar-refractivity contribution in [3.63, 3.8) is 0 Å². The van der Waals surface area contributed by atoms with E-state index in [1.54, 1.807) is 10.9 Å². The SMILES string of the molecule is C[C@H](NC(=O)CCn1cccn1)c1ccc2c(c1)OCCO2. The number of amides is 1. The molecule has 0 bridgehead atoms. The Kier molecular flexibility index (Phi) is 4.27. The molecule has 2 heterocycles. The fraction of sp³-hybridized carbons (Fsp3) is 0.375. The van der Waals surface area contributed by atoms with Gasteiger partial charge in [-0.25, -0.2) is 0 Å². The van der Waals surface area contributed by atoms with E-state index in [-0.39, 0.29) is 11.9 Å². The van der Waals surface area contributed by atoms with Crippen molar-refractivity contribution in [2.24, 2.45) is 0 Å². The molecule has 1 atom stereocenters. The minimum atomic E-state index is -0.0825. The van der Waals surface area contributed by atoms with E-state index in [0.717, 1.165) is 17.1 Å². The highest BCUT2D eigenvalue weighted by Gasteiger charge is 2.15. The van der Waals surface area contributed by atoms with E-state index in [2.05, 4.69) is 10.4 Å². The maximum absolute atomic E-state index is 12.0. The van der Waals surface area contributed by atoms with Crippen LogP contribution in [0.4, 0.5) is 0 Å². The standard InChI is InChI=1S/C16H19N3O3/c1-12(18-16(20)5-8-19-7-2-6-17-19)13-3-4-14-15(11-13)22-10-9-21-14/h2-4,6-7,11-12H,5,8-10H2,1H3,(H,18,20)/t12-/m0/s1. The van der Waals surface area contributed by atoms with Crippen LogP contribution >= 0.6 is 0 Å². The van der Waals surface area contributed by atoms with Gasteiger partial charge in [0.15, 0.2) is 11.5 Å². The molecule has 116 valence electrons. The van der Waals surface area contributed by atoms with Gasteiger partial charge in [-0.1, -0.05) is 6.07 Å². The van der Waals surface area contributed by atoms with E-state index in [1.807, 2.05) is 37.4 Å². The highest BCUT2D eigenvalue weighted by atomic mass is 16.6. The Morgan fingerprint density at radius 3 is 2.95 bits per heavy atom. The van der Waals surface area contributed by atoms with Gasteiger partial charge in [0, 0.05) is 25.4 Å². The fourth-order valence-electron chi connectivity index (χ4n) is 2.38. The summed E-state index contributed by atoms with van der Waals surface area (Å²) < 4.78 is 12.8. The zero-order valence-electron chi connectivity index (χ0n) is 12.5. The number of rotatable bonds is 5. The van der Waals surface area contributed by atoms with Gasteiger partial charge in [0.1, 0.15) is 13.2 Å². The Morgan fingerprint density at radius 1 is 1.36 bits per heavy atom. The predicted octanol–water partition coefficient (Wildman–Crippen LogP) is 1.92. The molecule has 1 aromatic heterocycles. The molecule has 3 rings (SSSR count). The van der Waals surface area contributed by atoms with E-state index in [4.69, 9.17) is 9.47 Å². The molecule has 2 aromatic rings. The minimum Gasteiger partial charge on any atom is -0.486 e. The highest BCUT2D eigenvalue weighted by molar-refractivity contribution is 5.76. The molecular weight excluding hydrogens is 282 g/mol. The van der Waals surface area contributed by atoms with E-state index >= 15 is 0 Å². The summed E-state index contributed by atoms with van der Waals surface area (Å²) in [5.74, 6) is 1.49. The number of carbonyl (C=O) groups is 1. The third-order valence-electron chi connectivity index (χ3n) is 3.57. The smallest absolute Gasteiger partial charge is 0.222 e. The zero-order valence-corrected chi connectivity index (χ0v) is 12.5. The van der Waals surface area contributed by atoms with Gasteiger partial charge < -0.3 is 14.8 Å². The average Bonchev–Trinajstić information content (AvgIpc) is 3.06. The van der Waals surface area contributed by atoms with Crippen molar-refractivity contribution < 1.29 is 14.3 Å². The molecule has 22 heavy (non-hydrogen) atoms. The van der Waals surface area contributed by atoms with Crippen molar-refractivity contribution in [2.45, 2.75) is 25.9 Å². The van der Waals surface area contributed by atoms with Crippen LogP contribution in [0, 0.1) is 0 Å². The number of carbonyl (C=O) groups excluding carboxylic acids is 1. The number of hydrogen-bond acceptors (Lipinski definition) is 4. The van der Waals surface area contributed by atoms with Crippen molar-refractivity contribution >= 4 is 5.91 Å². The van der Waals surface area contributed by atoms with Crippen molar-refractivity contribution in [3.05, 3.63) is 42.2 Å². The second-order valence-electron chi connectivity index (χ2n) is 5.21. The normalized spacial score (nSPS) is 14.4. The first-order valence-electron chi connectivity index (χ1n) is 7.39. The van der Waals surface area contributed by atoms with Crippen molar-refractivity contribution in [1.29, 1.82) is 0 Å². The lowest BCUT2D eigenvalue weighted by atomic mass is 10.1. The van der Waals surface area contributed by atoms with Crippen LogP contribution in [0.15, 0.2) is 36.7 Å². The van der Waals surface area contributed by atoms with Crippen molar-refractivity contribution in [2.75, 3.05) is 13.2 Å². The summed E-state index contributed by atoms with van der Waals surface area (Å²) in [6.07, 6.45) is 3.95. The summed E-state index contributed by atoms with van der Waals surface area (Å²) in [5.41, 5.74) is 0.997. The van der Waals surface area contributed by atoms with E-state index in [0.29, 0.717) is 26.2 Å². The number of benzene rings is 1. The molecule has 0 fully saturated rings. The Balaban J connectivity index is 1.56. The molecule has 1 amide bonds. The highest BCUT2D eigenvalue weighted by Crippen LogP contribution is 2.32. The molecule has 0 aliphatic carbocycles.